The zero-order valence-corrected chi connectivity index (χ0v) is 18.9. The SMILES string of the molecule is COc1ccc(N(C)C(=O)CCCn2cnc3cc(OC)c(OC)cc3c2=O)cc1OC. The monoisotopic (exact) mass is 441 g/mol. The lowest BCUT2D eigenvalue weighted by Gasteiger charge is -2.19. The summed E-state index contributed by atoms with van der Waals surface area (Å²) < 4.78 is 22.6. The topological polar surface area (TPSA) is 92.1 Å². The smallest absolute Gasteiger partial charge is 0.261 e. The highest BCUT2D eigenvalue weighted by Gasteiger charge is 2.15. The van der Waals surface area contributed by atoms with E-state index >= 15 is 0 Å². The van der Waals surface area contributed by atoms with Crippen LogP contribution in [-0.2, 0) is 11.3 Å². The lowest BCUT2D eigenvalue weighted by molar-refractivity contribution is -0.118. The highest BCUT2D eigenvalue weighted by molar-refractivity contribution is 5.93. The van der Waals surface area contributed by atoms with Crippen molar-refractivity contribution in [2.45, 2.75) is 19.4 Å². The maximum Gasteiger partial charge on any atom is 0.261 e. The molecule has 3 aromatic rings. The second-order valence-corrected chi connectivity index (χ2v) is 7.06. The van der Waals surface area contributed by atoms with Crippen LogP contribution in [0.5, 0.6) is 23.0 Å². The Morgan fingerprint density at radius 3 is 2.22 bits per heavy atom. The third-order valence-electron chi connectivity index (χ3n) is 5.25. The van der Waals surface area contributed by atoms with Crippen molar-refractivity contribution < 1.29 is 23.7 Å². The Morgan fingerprint density at radius 2 is 1.56 bits per heavy atom. The van der Waals surface area contributed by atoms with Gasteiger partial charge in [0.15, 0.2) is 23.0 Å². The van der Waals surface area contributed by atoms with Gasteiger partial charge in [0.1, 0.15) is 0 Å². The first-order chi connectivity index (χ1) is 15.4. The van der Waals surface area contributed by atoms with E-state index in [1.165, 1.54) is 25.1 Å². The molecule has 0 spiro atoms. The molecule has 0 bridgehead atoms. The third kappa shape index (κ3) is 4.61. The highest BCUT2D eigenvalue weighted by atomic mass is 16.5. The molecule has 2 aromatic carbocycles. The average molecular weight is 441 g/mol. The van der Waals surface area contributed by atoms with E-state index in [-0.39, 0.29) is 17.9 Å². The molecule has 0 unspecified atom stereocenters. The van der Waals surface area contributed by atoms with Gasteiger partial charge in [-0.2, -0.15) is 0 Å². The highest BCUT2D eigenvalue weighted by Crippen LogP contribution is 2.31. The molecule has 32 heavy (non-hydrogen) atoms. The van der Waals surface area contributed by atoms with E-state index in [4.69, 9.17) is 18.9 Å². The number of nitrogens with zero attached hydrogens (tertiary/aromatic N) is 3. The molecule has 0 aliphatic rings. The fourth-order valence-corrected chi connectivity index (χ4v) is 3.39. The van der Waals surface area contributed by atoms with Gasteiger partial charge >= 0.3 is 0 Å². The number of amides is 1. The summed E-state index contributed by atoms with van der Waals surface area (Å²) >= 11 is 0. The molecule has 0 fully saturated rings. The van der Waals surface area contributed by atoms with E-state index in [9.17, 15) is 9.59 Å². The molecular formula is C23H27N3O6. The van der Waals surface area contributed by atoms with Crippen LogP contribution in [0, 0.1) is 0 Å². The maximum atomic E-state index is 12.9. The Labute approximate surface area is 186 Å². The summed E-state index contributed by atoms with van der Waals surface area (Å²) in [7, 11) is 7.85. The molecule has 0 saturated carbocycles. The van der Waals surface area contributed by atoms with Gasteiger partial charge < -0.3 is 23.8 Å². The molecule has 1 aromatic heterocycles. The van der Waals surface area contributed by atoms with Crippen molar-refractivity contribution in [3.63, 3.8) is 0 Å². The predicted octanol–water partition coefficient (Wildman–Crippen LogP) is 2.87. The summed E-state index contributed by atoms with van der Waals surface area (Å²) in [6.45, 7) is 0.363. The summed E-state index contributed by atoms with van der Waals surface area (Å²) in [5.74, 6) is 2.03. The normalized spacial score (nSPS) is 10.7. The number of fused-ring (bicyclic) bond motifs is 1. The molecule has 0 N–H and O–H groups in total. The zero-order chi connectivity index (χ0) is 23.3. The molecule has 1 amide bonds. The van der Waals surface area contributed by atoms with Crippen molar-refractivity contribution in [2.75, 3.05) is 40.4 Å². The van der Waals surface area contributed by atoms with Crippen LogP contribution in [0.3, 0.4) is 0 Å². The van der Waals surface area contributed by atoms with Crippen LogP contribution in [0.15, 0.2) is 41.5 Å². The van der Waals surface area contributed by atoms with Gasteiger partial charge in [-0.05, 0) is 24.6 Å². The van der Waals surface area contributed by atoms with Gasteiger partial charge in [0.2, 0.25) is 5.91 Å². The maximum absolute atomic E-state index is 12.9. The minimum Gasteiger partial charge on any atom is -0.493 e. The Kier molecular flexibility index (Phi) is 7.19. The predicted molar refractivity (Wildman–Crippen MR) is 121 cm³/mol. The number of rotatable bonds is 9. The van der Waals surface area contributed by atoms with Crippen molar-refractivity contribution in [1.82, 2.24) is 9.55 Å². The number of hydrogen-bond acceptors (Lipinski definition) is 7. The Morgan fingerprint density at radius 1 is 0.938 bits per heavy atom. The van der Waals surface area contributed by atoms with Crippen LogP contribution in [0.4, 0.5) is 5.69 Å². The summed E-state index contributed by atoms with van der Waals surface area (Å²) in [5, 5.41) is 0.430. The number of carbonyl (C=O) groups excluding carboxylic acids is 1. The molecule has 0 aliphatic carbocycles. The molecule has 1 heterocycles. The number of carbonyl (C=O) groups is 1. The molecule has 3 rings (SSSR count). The molecule has 0 aliphatic heterocycles. The molecule has 0 saturated heterocycles. The number of benzene rings is 2. The second-order valence-electron chi connectivity index (χ2n) is 7.06. The van der Waals surface area contributed by atoms with Gasteiger partial charge in [-0.3, -0.25) is 14.2 Å². The zero-order valence-electron chi connectivity index (χ0n) is 18.9. The number of ether oxygens (including phenoxy) is 4. The van der Waals surface area contributed by atoms with Crippen molar-refractivity contribution in [1.29, 1.82) is 0 Å². The number of methoxy groups -OCH3 is 4. The van der Waals surface area contributed by atoms with E-state index < -0.39 is 0 Å². The number of anilines is 1. The van der Waals surface area contributed by atoms with E-state index in [1.807, 2.05) is 0 Å². The molecule has 0 atom stereocenters. The van der Waals surface area contributed by atoms with E-state index in [0.717, 1.165) is 0 Å². The third-order valence-corrected chi connectivity index (χ3v) is 5.25. The van der Waals surface area contributed by atoms with Crippen molar-refractivity contribution in [3.05, 3.63) is 47.0 Å². The van der Waals surface area contributed by atoms with Crippen LogP contribution in [0.25, 0.3) is 10.9 Å². The van der Waals surface area contributed by atoms with Crippen LogP contribution < -0.4 is 29.4 Å². The standard InChI is InChI=1S/C23H27N3O6/c1-25(15-8-9-18(29-2)19(11-15)30-3)22(27)7-6-10-26-14-24-17-13-21(32-5)20(31-4)12-16(17)23(26)28/h8-9,11-14H,6-7,10H2,1-5H3. The van der Waals surface area contributed by atoms with E-state index in [1.54, 1.807) is 56.5 Å². The lowest BCUT2D eigenvalue weighted by atomic mass is 10.2. The molecule has 9 heteroatoms. The summed E-state index contributed by atoms with van der Waals surface area (Å²) in [4.78, 5) is 31.4. The first-order valence-corrected chi connectivity index (χ1v) is 10.0. The van der Waals surface area contributed by atoms with Crippen LogP contribution >= 0.6 is 0 Å². The van der Waals surface area contributed by atoms with Crippen molar-refractivity contribution in [3.8, 4) is 23.0 Å². The van der Waals surface area contributed by atoms with Gasteiger partial charge in [-0.1, -0.05) is 0 Å². The van der Waals surface area contributed by atoms with Gasteiger partial charge in [-0.25, -0.2) is 4.98 Å². The van der Waals surface area contributed by atoms with E-state index in [2.05, 4.69) is 4.98 Å². The van der Waals surface area contributed by atoms with Crippen molar-refractivity contribution >= 4 is 22.5 Å². The summed E-state index contributed by atoms with van der Waals surface area (Å²) in [6.07, 6.45) is 2.23. The average Bonchev–Trinajstić information content (AvgIpc) is 2.83. The fourth-order valence-electron chi connectivity index (χ4n) is 3.39. The summed E-state index contributed by atoms with van der Waals surface area (Å²) in [6, 6.07) is 8.58. The van der Waals surface area contributed by atoms with Crippen molar-refractivity contribution in [2.24, 2.45) is 0 Å². The Bertz CT molecular complexity index is 1170. The fraction of sp³-hybridized carbons (Fsp3) is 0.348. The van der Waals surface area contributed by atoms with Crippen LogP contribution in [-0.4, -0.2) is 50.9 Å². The Hall–Kier alpha value is -3.75. The molecule has 0 radical (unpaired) electrons. The first kappa shape index (κ1) is 22.9. The molecule has 9 nitrogen and oxygen atoms in total. The summed E-state index contributed by atoms with van der Waals surface area (Å²) in [5.41, 5.74) is 1.02. The quantitative estimate of drug-likeness (QED) is 0.504. The van der Waals surface area contributed by atoms with E-state index in [0.29, 0.717) is 52.6 Å². The largest absolute Gasteiger partial charge is 0.493 e. The lowest BCUT2D eigenvalue weighted by Crippen LogP contribution is -2.27. The number of hydrogen-bond donors (Lipinski definition) is 0. The van der Waals surface area contributed by atoms with Gasteiger partial charge in [0.25, 0.3) is 5.56 Å². The van der Waals surface area contributed by atoms with Gasteiger partial charge in [-0.15, -0.1) is 0 Å². The second kappa shape index (κ2) is 10.0. The molecule has 170 valence electrons. The van der Waals surface area contributed by atoms with Gasteiger partial charge in [0.05, 0.1) is 45.7 Å². The minimum absolute atomic E-state index is 0.0783. The Balaban J connectivity index is 1.70. The number of aromatic nitrogens is 2. The molecular weight excluding hydrogens is 414 g/mol. The van der Waals surface area contributed by atoms with Crippen LogP contribution in [0.2, 0.25) is 0 Å². The first-order valence-electron chi connectivity index (χ1n) is 10.0. The number of aryl methyl sites for hydroxylation is 1. The van der Waals surface area contributed by atoms with Gasteiger partial charge in [0, 0.05) is 37.8 Å². The van der Waals surface area contributed by atoms with Crippen LogP contribution in [0.1, 0.15) is 12.8 Å². The minimum atomic E-state index is -0.198.